The summed E-state index contributed by atoms with van der Waals surface area (Å²) >= 11 is 4.00. The molecule has 3 N–H and O–H groups in total. The second-order valence-corrected chi connectivity index (χ2v) is 5.47. The Labute approximate surface area is 114 Å². The van der Waals surface area contributed by atoms with Crippen molar-refractivity contribution in [2.24, 2.45) is 5.73 Å². The van der Waals surface area contributed by atoms with Crippen LogP contribution in [0.15, 0.2) is 12.1 Å². The van der Waals surface area contributed by atoms with E-state index in [2.05, 4.69) is 22.6 Å². The average molecular weight is 439 g/mol. The smallest absolute Gasteiger partial charge is 0.240 e. The number of phenols is 1. The van der Waals surface area contributed by atoms with Crippen molar-refractivity contribution in [3.8, 4) is 5.75 Å². The molecule has 0 aliphatic heterocycles. The number of rotatable bonds is 3. The van der Waals surface area contributed by atoms with Gasteiger partial charge in [-0.2, -0.15) is 0 Å². The quantitative estimate of drug-likeness (QED) is 0.711. The summed E-state index contributed by atoms with van der Waals surface area (Å²) in [7, 11) is 0. The van der Waals surface area contributed by atoms with Crippen LogP contribution in [0.1, 0.15) is 18.0 Å². The SMILES string of the molecule is N[C@H](CC(F)F)c1cc(I)cc(I)c1O. The third-order valence-corrected chi connectivity index (χ3v) is 3.33. The number of hydrogen-bond acceptors (Lipinski definition) is 2. The van der Waals surface area contributed by atoms with Gasteiger partial charge in [-0.15, -0.1) is 0 Å². The van der Waals surface area contributed by atoms with Gasteiger partial charge in [0.15, 0.2) is 0 Å². The lowest BCUT2D eigenvalue weighted by Gasteiger charge is -2.14. The van der Waals surface area contributed by atoms with E-state index in [1.807, 2.05) is 22.6 Å². The van der Waals surface area contributed by atoms with Crippen molar-refractivity contribution in [3.05, 3.63) is 24.8 Å². The molecule has 1 aromatic rings. The summed E-state index contributed by atoms with van der Waals surface area (Å²) in [6.45, 7) is 0. The first-order valence-electron chi connectivity index (χ1n) is 4.13. The van der Waals surface area contributed by atoms with Gasteiger partial charge in [0.05, 0.1) is 3.57 Å². The standard InChI is InChI=1S/C9H9F2I2NO/c10-8(11)3-7(14)5-1-4(12)2-6(13)9(5)15/h1-2,7-8,15H,3,14H2/t7-/m1/s1. The number of nitrogens with two attached hydrogens (primary N) is 1. The molecule has 0 unspecified atom stereocenters. The molecule has 84 valence electrons. The van der Waals surface area contributed by atoms with E-state index < -0.39 is 18.9 Å². The molecular weight excluding hydrogens is 430 g/mol. The zero-order valence-corrected chi connectivity index (χ0v) is 11.9. The molecule has 1 rings (SSSR count). The summed E-state index contributed by atoms with van der Waals surface area (Å²) in [6, 6.07) is 2.56. The van der Waals surface area contributed by atoms with E-state index in [9.17, 15) is 13.9 Å². The fourth-order valence-electron chi connectivity index (χ4n) is 1.19. The third kappa shape index (κ3) is 3.66. The molecule has 6 heteroatoms. The van der Waals surface area contributed by atoms with E-state index in [1.165, 1.54) is 0 Å². The van der Waals surface area contributed by atoms with E-state index >= 15 is 0 Å². The maximum atomic E-state index is 12.1. The largest absolute Gasteiger partial charge is 0.506 e. The highest BCUT2D eigenvalue weighted by atomic mass is 127. The number of hydrogen-bond donors (Lipinski definition) is 2. The minimum Gasteiger partial charge on any atom is -0.506 e. The molecule has 0 amide bonds. The van der Waals surface area contributed by atoms with Crippen LogP contribution < -0.4 is 5.73 Å². The zero-order valence-electron chi connectivity index (χ0n) is 7.55. The summed E-state index contributed by atoms with van der Waals surface area (Å²) in [4.78, 5) is 0. The van der Waals surface area contributed by atoms with Gasteiger partial charge >= 0.3 is 0 Å². The normalized spacial score (nSPS) is 13.2. The Morgan fingerprint density at radius 1 is 1.33 bits per heavy atom. The second kappa shape index (κ2) is 5.58. The molecule has 0 radical (unpaired) electrons. The topological polar surface area (TPSA) is 46.2 Å². The molecule has 0 saturated carbocycles. The summed E-state index contributed by atoms with van der Waals surface area (Å²) in [5.74, 6) is 0.00386. The maximum Gasteiger partial charge on any atom is 0.240 e. The van der Waals surface area contributed by atoms with Crippen LogP contribution in [-0.4, -0.2) is 11.5 Å². The van der Waals surface area contributed by atoms with E-state index in [4.69, 9.17) is 5.73 Å². The Hall–Kier alpha value is 0.300. The Kier molecular flexibility index (Phi) is 4.97. The number of phenolic OH excluding ortho intramolecular Hbond substituents is 1. The lowest BCUT2D eigenvalue weighted by Crippen LogP contribution is -2.14. The van der Waals surface area contributed by atoms with Crippen LogP contribution in [-0.2, 0) is 0 Å². The average Bonchev–Trinajstić information content (AvgIpc) is 2.09. The lowest BCUT2D eigenvalue weighted by molar-refractivity contribution is 0.128. The summed E-state index contributed by atoms with van der Waals surface area (Å²) in [6.07, 6.45) is -2.90. The summed E-state index contributed by atoms with van der Waals surface area (Å²) in [5, 5.41) is 9.67. The highest BCUT2D eigenvalue weighted by molar-refractivity contribution is 14.1. The van der Waals surface area contributed by atoms with Gasteiger partial charge in [-0.1, -0.05) is 0 Å². The Morgan fingerprint density at radius 2 is 1.93 bits per heavy atom. The molecule has 0 spiro atoms. The Morgan fingerprint density at radius 3 is 2.47 bits per heavy atom. The first kappa shape index (κ1) is 13.4. The molecule has 1 atom stereocenters. The van der Waals surface area contributed by atoms with Crippen LogP contribution in [0.3, 0.4) is 0 Å². The Balaban J connectivity index is 3.02. The van der Waals surface area contributed by atoms with Crippen LogP contribution in [0.4, 0.5) is 8.78 Å². The highest BCUT2D eigenvalue weighted by Gasteiger charge is 2.18. The van der Waals surface area contributed by atoms with Gasteiger partial charge in [0.2, 0.25) is 6.43 Å². The third-order valence-electron chi connectivity index (χ3n) is 1.89. The fourth-order valence-corrected chi connectivity index (χ4v) is 3.08. The van der Waals surface area contributed by atoms with E-state index in [-0.39, 0.29) is 5.75 Å². The molecule has 0 fully saturated rings. The van der Waals surface area contributed by atoms with Gasteiger partial charge in [0.1, 0.15) is 5.75 Å². The first-order valence-corrected chi connectivity index (χ1v) is 6.29. The first-order chi connectivity index (χ1) is 6.91. The van der Waals surface area contributed by atoms with E-state index in [1.54, 1.807) is 12.1 Å². The van der Waals surface area contributed by atoms with Crippen LogP contribution in [0, 0.1) is 7.14 Å². The predicted molar refractivity (Wildman–Crippen MR) is 71.1 cm³/mol. The number of halogens is 4. The van der Waals surface area contributed by atoms with Crippen LogP contribution in [0.2, 0.25) is 0 Å². The number of aromatic hydroxyl groups is 1. The van der Waals surface area contributed by atoms with Crippen molar-refractivity contribution >= 4 is 45.2 Å². The van der Waals surface area contributed by atoms with Crippen LogP contribution in [0.5, 0.6) is 5.75 Å². The maximum absolute atomic E-state index is 12.1. The van der Waals surface area contributed by atoms with Crippen molar-refractivity contribution in [2.75, 3.05) is 0 Å². The molecule has 0 bridgehead atoms. The molecule has 0 aliphatic carbocycles. The molecule has 0 heterocycles. The number of alkyl halides is 2. The molecule has 1 aromatic carbocycles. The molecular formula is C9H9F2I2NO. The molecule has 0 saturated heterocycles. The van der Waals surface area contributed by atoms with Gasteiger partial charge in [-0.25, -0.2) is 8.78 Å². The van der Waals surface area contributed by atoms with Crippen molar-refractivity contribution < 1.29 is 13.9 Å². The van der Waals surface area contributed by atoms with Crippen molar-refractivity contribution in [1.82, 2.24) is 0 Å². The highest BCUT2D eigenvalue weighted by Crippen LogP contribution is 2.32. The molecule has 0 aromatic heterocycles. The van der Waals surface area contributed by atoms with E-state index in [0.29, 0.717) is 9.13 Å². The monoisotopic (exact) mass is 439 g/mol. The molecule has 0 aliphatic rings. The zero-order chi connectivity index (χ0) is 11.6. The lowest BCUT2D eigenvalue weighted by atomic mass is 10.0. The van der Waals surface area contributed by atoms with Gasteiger partial charge in [-0.05, 0) is 57.3 Å². The van der Waals surface area contributed by atoms with Gasteiger partial charge in [0, 0.05) is 21.6 Å². The van der Waals surface area contributed by atoms with Crippen molar-refractivity contribution in [2.45, 2.75) is 18.9 Å². The fraction of sp³-hybridized carbons (Fsp3) is 0.333. The molecule has 15 heavy (non-hydrogen) atoms. The van der Waals surface area contributed by atoms with Crippen molar-refractivity contribution in [3.63, 3.8) is 0 Å². The summed E-state index contributed by atoms with van der Waals surface area (Å²) in [5.41, 5.74) is 5.97. The second-order valence-electron chi connectivity index (χ2n) is 3.06. The van der Waals surface area contributed by atoms with Crippen LogP contribution >= 0.6 is 45.2 Å². The predicted octanol–water partition coefficient (Wildman–Crippen LogP) is 3.26. The van der Waals surface area contributed by atoms with Gasteiger partial charge in [-0.3, -0.25) is 0 Å². The Bertz CT molecular complexity index is 360. The van der Waals surface area contributed by atoms with Gasteiger partial charge < -0.3 is 10.8 Å². The number of benzene rings is 1. The minimum absolute atomic E-state index is 0.00386. The summed E-state index contributed by atoms with van der Waals surface area (Å²) < 4.78 is 25.8. The molecule has 2 nitrogen and oxygen atoms in total. The van der Waals surface area contributed by atoms with Gasteiger partial charge in [0.25, 0.3) is 0 Å². The van der Waals surface area contributed by atoms with E-state index in [0.717, 1.165) is 3.57 Å². The van der Waals surface area contributed by atoms with Crippen LogP contribution in [0.25, 0.3) is 0 Å². The van der Waals surface area contributed by atoms with Crippen molar-refractivity contribution in [1.29, 1.82) is 0 Å². The minimum atomic E-state index is -2.46.